The van der Waals surface area contributed by atoms with E-state index in [0.717, 1.165) is 20.9 Å². The van der Waals surface area contributed by atoms with Crippen LogP contribution in [0.25, 0.3) is 22.0 Å². The number of fused-ring (bicyclic) bond motifs is 1. The first-order chi connectivity index (χ1) is 15.1. The van der Waals surface area contributed by atoms with Crippen LogP contribution in [0.15, 0.2) is 77.4 Å². The Morgan fingerprint density at radius 3 is 2.81 bits per heavy atom. The third-order valence-electron chi connectivity index (χ3n) is 4.85. The SMILES string of the molecule is C[C@@H](C(=O)Nc1ccccc1-c1cn2ccsc2n1)n1nc(-n2cccn2)ccc1=O. The molecule has 1 aromatic carbocycles. The first kappa shape index (κ1) is 18.9. The minimum atomic E-state index is -0.832. The summed E-state index contributed by atoms with van der Waals surface area (Å²) in [6.07, 6.45) is 7.18. The van der Waals surface area contributed by atoms with Crippen LogP contribution in [-0.4, -0.2) is 34.9 Å². The van der Waals surface area contributed by atoms with E-state index in [2.05, 4.69) is 20.5 Å². The largest absolute Gasteiger partial charge is 0.324 e. The molecular weight excluding hydrogens is 414 g/mol. The highest BCUT2D eigenvalue weighted by Gasteiger charge is 2.20. The van der Waals surface area contributed by atoms with Crippen LogP contribution >= 0.6 is 11.3 Å². The van der Waals surface area contributed by atoms with Gasteiger partial charge in [0.1, 0.15) is 6.04 Å². The molecule has 0 fully saturated rings. The van der Waals surface area contributed by atoms with Crippen LogP contribution in [0.2, 0.25) is 0 Å². The van der Waals surface area contributed by atoms with Gasteiger partial charge in [0.05, 0.1) is 11.4 Å². The van der Waals surface area contributed by atoms with E-state index in [-0.39, 0.29) is 11.5 Å². The molecule has 0 spiro atoms. The van der Waals surface area contributed by atoms with E-state index in [9.17, 15) is 9.59 Å². The second kappa shape index (κ2) is 7.65. The van der Waals surface area contributed by atoms with Gasteiger partial charge in [0.15, 0.2) is 10.8 Å². The molecule has 4 heterocycles. The number of para-hydroxylation sites is 1. The standard InChI is InChI=1S/C21H17N7O2S/c1-14(28-19(29)8-7-18(25-28)27-10-4-9-22-27)20(30)23-16-6-3-2-5-15(16)17-13-26-11-12-31-21(26)24-17/h2-14H,1H3,(H,23,30)/t14-/m0/s1. The first-order valence-corrected chi connectivity index (χ1v) is 10.4. The number of nitrogens with one attached hydrogen (secondary N) is 1. The number of aromatic nitrogens is 6. The molecule has 1 atom stereocenters. The fourth-order valence-electron chi connectivity index (χ4n) is 3.24. The molecule has 0 aliphatic rings. The minimum absolute atomic E-state index is 0.360. The van der Waals surface area contributed by atoms with Gasteiger partial charge in [0, 0.05) is 41.8 Å². The topological polar surface area (TPSA) is 99.1 Å². The lowest BCUT2D eigenvalue weighted by molar-refractivity contribution is -0.119. The average molecular weight is 431 g/mol. The van der Waals surface area contributed by atoms with Gasteiger partial charge < -0.3 is 5.32 Å². The summed E-state index contributed by atoms with van der Waals surface area (Å²) >= 11 is 1.54. The fourth-order valence-corrected chi connectivity index (χ4v) is 3.94. The molecule has 10 heteroatoms. The number of hydrogen-bond acceptors (Lipinski definition) is 6. The highest BCUT2D eigenvalue weighted by atomic mass is 32.1. The van der Waals surface area contributed by atoms with E-state index in [4.69, 9.17) is 0 Å². The predicted octanol–water partition coefficient (Wildman–Crippen LogP) is 3.00. The number of rotatable bonds is 5. The second-order valence-electron chi connectivity index (χ2n) is 6.85. The maximum atomic E-state index is 13.0. The number of hydrogen-bond donors (Lipinski definition) is 1. The molecular formula is C21H17N7O2S. The molecule has 0 unspecified atom stereocenters. The molecule has 5 aromatic rings. The summed E-state index contributed by atoms with van der Waals surface area (Å²) in [7, 11) is 0. The zero-order valence-corrected chi connectivity index (χ0v) is 17.2. The smallest absolute Gasteiger partial charge is 0.267 e. The monoisotopic (exact) mass is 431 g/mol. The Balaban J connectivity index is 1.44. The Morgan fingerprint density at radius 2 is 2.00 bits per heavy atom. The van der Waals surface area contributed by atoms with Crippen LogP contribution in [0, 0.1) is 0 Å². The average Bonchev–Trinajstić information content (AvgIpc) is 3.52. The maximum absolute atomic E-state index is 13.0. The van der Waals surface area contributed by atoms with Gasteiger partial charge in [-0.1, -0.05) is 18.2 Å². The van der Waals surface area contributed by atoms with Crippen LogP contribution in [0.4, 0.5) is 5.69 Å². The Kier molecular flexibility index (Phi) is 4.68. The molecule has 154 valence electrons. The molecule has 9 nitrogen and oxygen atoms in total. The zero-order chi connectivity index (χ0) is 21.4. The number of anilines is 1. The highest BCUT2D eigenvalue weighted by Crippen LogP contribution is 2.29. The molecule has 1 amide bonds. The van der Waals surface area contributed by atoms with Crippen molar-refractivity contribution in [1.29, 1.82) is 0 Å². The minimum Gasteiger partial charge on any atom is -0.324 e. The van der Waals surface area contributed by atoms with Gasteiger partial charge in [-0.25, -0.2) is 14.3 Å². The molecule has 0 aliphatic heterocycles. The van der Waals surface area contributed by atoms with Gasteiger partial charge in [-0.3, -0.25) is 14.0 Å². The van der Waals surface area contributed by atoms with Crippen molar-refractivity contribution in [2.75, 3.05) is 5.32 Å². The molecule has 0 saturated heterocycles. The van der Waals surface area contributed by atoms with Crippen molar-refractivity contribution < 1.29 is 4.79 Å². The van der Waals surface area contributed by atoms with Gasteiger partial charge >= 0.3 is 0 Å². The number of thiazole rings is 1. The maximum Gasteiger partial charge on any atom is 0.267 e. The number of carbonyl (C=O) groups excluding carboxylic acids is 1. The summed E-state index contributed by atoms with van der Waals surface area (Å²) in [6, 6.07) is 11.3. The molecule has 0 radical (unpaired) electrons. The molecule has 0 bridgehead atoms. The normalized spacial score (nSPS) is 12.2. The van der Waals surface area contributed by atoms with Crippen LogP contribution in [0.3, 0.4) is 0 Å². The Morgan fingerprint density at radius 1 is 1.13 bits per heavy atom. The number of imidazole rings is 1. The molecule has 31 heavy (non-hydrogen) atoms. The van der Waals surface area contributed by atoms with Crippen molar-refractivity contribution in [3.05, 3.63) is 83.0 Å². The van der Waals surface area contributed by atoms with Gasteiger partial charge in [-0.2, -0.15) is 5.10 Å². The third kappa shape index (κ3) is 3.53. The van der Waals surface area contributed by atoms with Crippen molar-refractivity contribution in [2.24, 2.45) is 0 Å². The number of amides is 1. The number of carbonyl (C=O) groups is 1. The van der Waals surface area contributed by atoms with Crippen LogP contribution in [-0.2, 0) is 4.79 Å². The summed E-state index contributed by atoms with van der Waals surface area (Å²) in [5.74, 6) is 0.0865. The molecule has 4 aromatic heterocycles. The fraction of sp³-hybridized carbons (Fsp3) is 0.0952. The van der Waals surface area contributed by atoms with Gasteiger partial charge in [0.25, 0.3) is 5.56 Å². The van der Waals surface area contributed by atoms with Crippen molar-refractivity contribution >= 4 is 27.9 Å². The molecule has 5 rings (SSSR count). The highest BCUT2D eigenvalue weighted by molar-refractivity contribution is 7.15. The lowest BCUT2D eigenvalue weighted by Crippen LogP contribution is -2.33. The van der Waals surface area contributed by atoms with Crippen LogP contribution in [0.5, 0.6) is 0 Å². The summed E-state index contributed by atoms with van der Waals surface area (Å²) in [4.78, 5) is 30.9. The summed E-state index contributed by atoms with van der Waals surface area (Å²) in [5, 5.41) is 13.3. The van der Waals surface area contributed by atoms with E-state index >= 15 is 0 Å². The van der Waals surface area contributed by atoms with Crippen molar-refractivity contribution in [1.82, 2.24) is 28.9 Å². The number of benzene rings is 1. The van der Waals surface area contributed by atoms with Gasteiger partial charge in [-0.05, 0) is 25.1 Å². The van der Waals surface area contributed by atoms with Crippen molar-refractivity contribution in [3.63, 3.8) is 0 Å². The Labute approximate surface area is 180 Å². The quantitative estimate of drug-likeness (QED) is 0.461. The van der Waals surface area contributed by atoms with Crippen molar-refractivity contribution in [3.8, 4) is 17.1 Å². The second-order valence-corrected chi connectivity index (χ2v) is 7.73. The van der Waals surface area contributed by atoms with E-state index in [1.54, 1.807) is 31.5 Å². The van der Waals surface area contributed by atoms with Gasteiger partial charge in [0.2, 0.25) is 5.91 Å². The predicted molar refractivity (Wildman–Crippen MR) is 117 cm³/mol. The van der Waals surface area contributed by atoms with Crippen LogP contribution in [0.1, 0.15) is 13.0 Å². The summed E-state index contributed by atoms with van der Waals surface area (Å²) in [6.45, 7) is 1.63. The third-order valence-corrected chi connectivity index (χ3v) is 5.62. The molecule has 0 aliphatic carbocycles. The molecule has 0 saturated carbocycles. The Hall–Kier alpha value is -4.05. The van der Waals surface area contributed by atoms with E-state index in [1.165, 1.54) is 22.1 Å². The Bertz CT molecular complexity index is 1400. The zero-order valence-electron chi connectivity index (χ0n) is 16.4. The van der Waals surface area contributed by atoms with Crippen molar-refractivity contribution in [2.45, 2.75) is 13.0 Å². The van der Waals surface area contributed by atoms with E-state index in [0.29, 0.717) is 11.5 Å². The summed E-state index contributed by atoms with van der Waals surface area (Å²) in [5.41, 5.74) is 1.79. The van der Waals surface area contributed by atoms with Gasteiger partial charge in [-0.15, -0.1) is 16.4 Å². The summed E-state index contributed by atoms with van der Waals surface area (Å²) < 4.78 is 4.62. The number of nitrogens with zero attached hydrogens (tertiary/aromatic N) is 6. The van der Waals surface area contributed by atoms with E-state index in [1.807, 2.05) is 46.4 Å². The molecule has 1 N–H and O–H groups in total. The van der Waals surface area contributed by atoms with Crippen LogP contribution < -0.4 is 10.9 Å². The first-order valence-electron chi connectivity index (χ1n) is 9.52. The lowest BCUT2D eigenvalue weighted by Gasteiger charge is -2.16. The lowest BCUT2D eigenvalue weighted by atomic mass is 10.1. The van der Waals surface area contributed by atoms with E-state index < -0.39 is 6.04 Å².